The topological polar surface area (TPSA) is 21.3 Å². The molecule has 1 saturated carbocycles. The Morgan fingerprint density at radius 1 is 1.29 bits per heavy atom. The van der Waals surface area contributed by atoms with Crippen molar-refractivity contribution in [3.8, 4) is 0 Å². The smallest absolute Gasteiger partial charge is 0.0876 e. The molecule has 0 saturated heterocycles. The molecular weight excluding hydrogens is 210 g/mol. The molecule has 0 amide bonds. The van der Waals surface area contributed by atoms with Gasteiger partial charge in [-0.15, -0.1) is 0 Å². The Morgan fingerprint density at radius 2 is 2.12 bits per heavy atom. The van der Waals surface area contributed by atoms with Crippen molar-refractivity contribution in [3.05, 3.63) is 11.8 Å². The molecule has 17 heavy (non-hydrogen) atoms. The molecule has 1 N–H and O–H groups in total. The zero-order valence-corrected chi connectivity index (χ0v) is 11.2. The molecule has 2 nitrogen and oxygen atoms in total. The van der Waals surface area contributed by atoms with E-state index in [1.165, 1.54) is 63.4 Å². The molecule has 1 fully saturated rings. The molecular formula is C15H27NO. The predicted molar refractivity (Wildman–Crippen MR) is 71.9 cm³/mol. The number of rotatable bonds is 5. The van der Waals surface area contributed by atoms with Gasteiger partial charge in [0.1, 0.15) is 0 Å². The molecule has 0 bridgehead atoms. The van der Waals surface area contributed by atoms with Gasteiger partial charge in [-0.25, -0.2) is 0 Å². The molecule has 0 aromatic heterocycles. The molecule has 1 atom stereocenters. The summed E-state index contributed by atoms with van der Waals surface area (Å²) in [5.74, 6) is 0.990. The Labute approximate surface area is 106 Å². The van der Waals surface area contributed by atoms with Crippen LogP contribution < -0.4 is 5.32 Å². The molecule has 2 rings (SSSR count). The highest BCUT2D eigenvalue weighted by molar-refractivity contribution is 5.09. The van der Waals surface area contributed by atoms with Crippen LogP contribution in [0.15, 0.2) is 11.8 Å². The summed E-state index contributed by atoms with van der Waals surface area (Å²) in [4.78, 5) is 0. The molecule has 1 unspecified atom stereocenters. The highest BCUT2D eigenvalue weighted by Crippen LogP contribution is 2.29. The molecule has 1 aliphatic heterocycles. The van der Waals surface area contributed by atoms with Crippen LogP contribution in [0.4, 0.5) is 0 Å². The van der Waals surface area contributed by atoms with Gasteiger partial charge in [0, 0.05) is 6.04 Å². The van der Waals surface area contributed by atoms with E-state index in [0.29, 0.717) is 6.04 Å². The summed E-state index contributed by atoms with van der Waals surface area (Å²) in [7, 11) is 2.08. The normalized spacial score (nSPS) is 23.9. The van der Waals surface area contributed by atoms with Crippen LogP contribution in [0.25, 0.3) is 0 Å². The van der Waals surface area contributed by atoms with Gasteiger partial charge in [0.2, 0.25) is 0 Å². The summed E-state index contributed by atoms with van der Waals surface area (Å²) in [6.45, 7) is 0.905. The second kappa shape index (κ2) is 7.05. The van der Waals surface area contributed by atoms with E-state index >= 15 is 0 Å². The number of hydrogen-bond donors (Lipinski definition) is 1. The fourth-order valence-corrected chi connectivity index (χ4v) is 3.23. The number of ether oxygens (including phenoxy) is 1. The molecule has 2 heteroatoms. The maximum Gasteiger partial charge on any atom is 0.0876 e. The van der Waals surface area contributed by atoms with Gasteiger partial charge in [-0.1, -0.05) is 32.1 Å². The maximum atomic E-state index is 5.45. The van der Waals surface area contributed by atoms with Crippen LogP contribution in [0.1, 0.15) is 57.8 Å². The maximum absolute atomic E-state index is 5.45. The van der Waals surface area contributed by atoms with E-state index in [0.717, 1.165) is 12.5 Å². The lowest BCUT2D eigenvalue weighted by atomic mass is 9.84. The van der Waals surface area contributed by atoms with E-state index in [-0.39, 0.29) is 0 Å². The Morgan fingerprint density at radius 3 is 2.76 bits per heavy atom. The van der Waals surface area contributed by atoms with Crippen LogP contribution in [0.3, 0.4) is 0 Å². The zero-order chi connectivity index (χ0) is 11.9. The van der Waals surface area contributed by atoms with Crippen molar-refractivity contribution < 1.29 is 4.74 Å². The van der Waals surface area contributed by atoms with Gasteiger partial charge >= 0.3 is 0 Å². The third-order valence-electron chi connectivity index (χ3n) is 4.35. The van der Waals surface area contributed by atoms with Crippen molar-refractivity contribution in [2.24, 2.45) is 5.92 Å². The summed E-state index contributed by atoms with van der Waals surface area (Å²) in [5, 5.41) is 3.46. The first-order valence-electron chi connectivity index (χ1n) is 7.38. The highest BCUT2D eigenvalue weighted by atomic mass is 16.5. The highest BCUT2D eigenvalue weighted by Gasteiger charge is 2.19. The monoisotopic (exact) mass is 237 g/mol. The van der Waals surface area contributed by atoms with Crippen LogP contribution in [0.5, 0.6) is 0 Å². The second-order valence-electron chi connectivity index (χ2n) is 5.59. The summed E-state index contributed by atoms with van der Waals surface area (Å²) >= 11 is 0. The van der Waals surface area contributed by atoms with Crippen molar-refractivity contribution >= 4 is 0 Å². The summed E-state index contributed by atoms with van der Waals surface area (Å²) in [6.07, 6.45) is 14.4. The molecule has 0 spiro atoms. The van der Waals surface area contributed by atoms with Gasteiger partial charge < -0.3 is 10.1 Å². The largest absolute Gasteiger partial charge is 0.501 e. The van der Waals surface area contributed by atoms with Crippen molar-refractivity contribution in [2.45, 2.75) is 63.8 Å². The van der Waals surface area contributed by atoms with Gasteiger partial charge in [0.15, 0.2) is 0 Å². The lowest BCUT2D eigenvalue weighted by molar-refractivity contribution is 0.217. The minimum absolute atomic E-state index is 0.553. The average Bonchev–Trinajstić information content (AvgIpc) is 2.42. The van der Waals surface area contributed by atoms with Crippen LogP contribution in [0.2, 0.25) is 0 Å². The van der Waals surface area contributed by atoms with Crippen LogP contribution >= 0.6 is 0 Å². The Kier molecular flexibility index (Phi) is 5.37. The fourth-order valence-electron chi connectivity index (χ4n) is 3.23. The molecule has 1 heterocycles. The Bertz CT molecular complexity index is 243. The first-order valence-corrected chi connectivity index (χ1v) is 7.38. The molecule has 2 aliphatic rings. The predicted octanol–water partition coefficient (Wildman–Crippen LogP) is 3.63. The van der Waals surface area contributed by atoms with Crippen molar-refractivity contribution in [1.29, 1.82) is 0 Å². The number of nitrogens with one attached hydrogen (secondary N) is 1. The van der Waals surface area contributed by atoms with E-state index in [1.807, 2.05) is 6.26 Å². The third-order valence-corrected chi connectivity index (χ3v) is 4.35. The minimum Gasteiger partial charge on any atom is -0.501 e. The van der Waals surface area contributed by atoms with E-state index in [4.69, 9.17) is 4.74 Å². The minimum atomic E-state index is 0.553. The first kappa shape index (κ1) is 12.9. The molecule has 0 aromatic carbocycles. The van der Waals surface area contributed by atoms with Gasteiger partial charge in [0.25, 0.3) is 0 Å². The number of likely N-dealkylation sites (N-methyl/N-ethyl adjacent to an activating group) is 1. The van der Waals surface area contributed by atoms with Gasteiger partial charge in [-0.05, 0) is 44.2 Å². The summed E-state index contributed by atoms with van der Waals surface area (Å²) < 4.78 is 5.45. The lowest BCUT2D eigenvalue weighted by Crippen LogP contribution is -2.29. The second-order valence-corrected chi connectivity index (χ2v) is 5.59. The fraction of sp³-hybridized carbons (Fsp3) is 0.867. The van der Waals surface area contributed by atoms with Crippen molar-refractivity contribution in [3.63, 3.8) is 0 Å². The number of hydrogen-bond acceptors (Lipinski definition) is 2. The van der Waals surface area contributed by atoms with E-state index < -0.39 is 0 Å². The molecule has 0 radical (unpaired) electrons. The van der Waals surface area contributed by atoms with E-state index in [1.54, 1.807) is 0 Å². The lowest BCUT2D eigenvalue weighted by Gasteiger charge is -2.26. The molecule has 1 aliphatic carbocycles. The van der Waals surface area contributed by atoms with Crippen LogP contribution in [-0.2, 0) is 4.74 Å². The standard InChI is InChI=1S/C15H27NO/c1-16-15(14-8-5-11-17-12-14)10-9-13-6-3-2-4-7-13/h12-13,15-16H,2-11H2,1H3. The van der Waals surface area contributed by atoms with Crippen molar-refractivity contribution in [2.75, 3.05) is 13.7 Å². The molecule has 98 valence electrons. The van der Waals surface area contributed by atoms with Gasteiger partial charge in [-0.3, -0.25) is 0 Å². The molecule has 0 aromatic rings. The van der Waals surface area contributed by atoms with E-state index in [2.05, 4.69) is 12.4 Å². The third kappa shape index (κ3) is 4.02. The Hall–Kier alpha value is -0.500. The van der Waals surface area contributed by atoms with Crippen LogP contribution in [-0.4, -0.2) is 19.7 Å². The summed E-state index contributed by atoms with van der Waals surface area (Å²) in [6, 6.07) is 0.553. The average molecular weight is 237 g/mol. The van der Waals surface area contributed by atoms with Gasteiger partial charge in [-0.2, -0.15) is 0 Å². The summed E-state index contributed by atoms with van der Waals surface area (Å²) in [5.41, 5.74) is 1.48. The quantitative estimate of drug-likeness (QED) is 0.788. The SMILES string of the molecule is CNC(CCC1CCCCC1)C1=COCCC1. The van der Waals surface area contributed by atoms with Gasteiger partial charge in [0.05, 0.1) is 12.9 Å². The van der Waals surface area contributed by atoms with Crippen LogP contribution in [0, 0.1) is 5.92 Å². The first-order chi connectivity index (χ1) is 8.40. The Balaban J connectivity index is 1.76. The zero-order valence-electron chi connectivity index (χ0n) is 11.2. The van der Waals surface area contributed by atoms with Crippen molar-refractivity contribution in [1.82, 2.24) is 5.32 Å². The van der Waals surface area contributed by atoms with E-state index in [9.17, 15) is 0 Å².